The minimum atomic E-state index is -0.872. The molecule has 0 fully saturated rings. The quantitative estimate of drug-likeness (QED) is 0.885. The molecule has 1 unspecified atom stereocenters. The largest absolute Gasteiger partial charge is 0.481 e. The van der Waals surface area contributed by atoms with Gasteiger partial charge in [0, 0.05) is 23.9 Å². The molecule has 1 heterocycles. The average Bonchev–Trinajstić information content (AvgIpc) is 2.44. The van der Waals surface area contributed by atoms with E-state index in [1.807, 2.05) is 6.07 Å². The highest BCUT2D eigenvalue weighted by molar-refractivity contribution is 6.36. The van der Waals surface area contributed by atoms with Crippen LogP contribution in [0.25, 0.3) is 10.9 Å². The second-order valence-corrected chi connectivity index (χ2v) is 4.81. The first-order chi connectivity index (χ1) is 9.52. The predicted octanol–water partition coefficient (Wildman–Crippen LogP) is 2.76. The molecule has 6 heteroatoms. The molecule has 3 N–H and O–H groups in total. The van der Waals surface area contributed by atoms with Gasteiger partial charge in [-0.1, -0.05) is 17.7 Å². The number of carboxylic acid groups (broad SMARTS) is 1. The molecule has 20 heavy (non-hydrogen) atoms. The van der Waals surface area contributed by atoms with Crippen LogP contribution in [-0.4, -0.2) is 23.2 Å². The summed E-state index contributed by atoms with van der Waals surface area (Å²) in [6.45, 7) is 0. The second-order valence-electron chi connectivity index (χ2n) is 4.43. The molecule has 0 radical (unpaired) electrons. The van der Waals surface area contributed by atoms with Crippen molar-refractivity contribution in [3.8, 4) is 5.88 Å². The third kappa shape index (κ3) is 3.00. The second kappa shape index (κ2) is 6.07. The zero-order valence-corrected chi connectivity index (χ0v) is 11.7. The number of ether oxygens (including phenoxy) is 1. The number of nitrogens with zero attached hydrogens (tertiary/aromatic N) is 1. The Balaban J connectivity index is 2.36. The van der Waals surface area contributed by atoms with Crippen molar-refractivity contribution in [1.82, 2.24) is 4.98 Å². The van der Waals surface area contributed by atoms with Crippen molar-refractivity contribution in [2.75, 3.05) is 7.11 Å². The van der Waals surface area contributed by atoms with Gasteiger partial charge in [-0.25, -0.2) is 4.98 Å². The van der Waals surface area contributed by atoms with E-state index in [0.717, 1.165) is 10.9 Å². The van der Waals surface area contributed by atoms with Crippen LogP contribution in [0.15, 0.2) is 24.3 Å². The van der Waals surface area contributed by atoms with Crippen molar-refractivity contribution in [3.63, 3.8) is 0 Å². The molecule has 1 aromatic heterocycles. The Bertz CT molecular complexity index is 646. The molecular weight excluding hydrogens is 280 g/mol. The maximum atomic E-state index is 10.6. The van der Waals surface area contributed by atoms with Gasteiger partial charge in [0.1, 0.15) is 0 Å². The smallest absolute Gasteiger partial charge is 0.303 e. The lowest BCUT2D eigenvalue weighted by Gasteiger charge is -2.14. The number of rotatable bonds is 5. The Morgan fingerprint density at radius 2 is 2.20 bits per heavy atom. The van der Waals surface area contributed by atoms with Gasteiger partial charge < -0.3 is 15.6 Å². The molecule has 5 nitrogen and oxygen atoms in total. The molecule has 106 valence electrons. The maximum absolute atomic E-state index is 10.6. The fourth-order valence-electron chi connectivity index (χ4n) is 2.00. The van der Waals surface area contributed by atoms with Gasteiger partial charge in [-0.2, -0.15) is 0 Å². The van der Waals surface area contributed by atoms with Crippen molar-refractivity contribution in [2.45, 2.75) is 18.9 Å². The molecule has 0 aliphatic carbocycles. The summed E-state index contributed by atoms with van der Waals surface area (Å²) in [5.74, 6) is -0.361. The molecular formula is C14H15ClN2O3. The molecule has 0 amide bonds. The minimum absolute atomic E-state index is 0.0103. The van der Waals surface area contributed by atoms with Crippen molar-refractivity contribution >= 4 is 28.5 Å². The van der Waals surface area contributed by atoms with Gasteiger partial charge in [0.05, 0.1) is 17.6 Å². The fraction of sp³-hybridized carbons (Fsp3) is 0.286. The van der Waals surface area contributed by atoms with E-state index in [1.165, 1.54) is 0 Å². The van der Waals surface area contributed by atoms with E-state index in [9.17, 15) is 4.79 Å². The van der Waals surface area contributed by atoms with Crippen LogP contribution in [0, 0.1) is 0 Å². The normalized spacial score (nSPS) is 12.3. The number of fused-ring (bicyclic) bond motifs is 1. The van der Waals surface area contributed by atoms with Crippen LogP contribution < -0.4 is 10.5 Å². The first-order valence-electron chi connectivity index (χ1n) is 6.13. The number of carbonyl (C=O) groups is 1. The standard InChI is InChI=1S/C14H15ClN2O3/c1-20-12-6-3-9-11(17-12)5-2-8(14(9)15)10(16)4-7-13(18)19/h2-3,5-6,10H,4,7,16H2,1H3,(H,18,19). The van der Waals surface area contributed by atoms with Gasteiger partial charge in [0.15, 0.2) is 0 Å². The summed E-state index contributed by atoms with van der Waals surface area (Å²) in [5, 5.41) is 9.98. The first-order valence-corrected chi connectivity index (χ1v) is 6.51. The Hall–Kier alpha value is -1.85. The Morgan fingerprint density at radius 3 is 2.85 bits per heavy atom. The zero-order chi connectivity index (χ0) is 14.7. The van der Waals surface area contributed by atoms with Crippen LogP contribution in [0.1, 0.15) is 24.4 Å². The van der Waals surface area contributed by atoms with E-state index in [4.69, 9.17) is 27.2 Å². The summed E-state index contributed by atoms with van der Waals surface area (Å²) in [7, 11) is 1.55. The number of hydrogen-bond acceptors (Lipinski definition) is 4. The van der Waals surface area contributed by atoms with Crippen LogP contribution >= 0.6 is 11.6 Å². The van der Waals surface area contributed by atoms with E-state index in [-0.39, 0.29) is 6.42 Å². The van der Waals surface area contributed by atoms with Crippen LogP contribution in [-0.2, 0) is 4.79 Å². The molecule has 1 aromatic carbocycles. The lowest BCUT2D eigenvalue weighted by atomic mass is 10.0. The summed E-state index contributed by atoms with van der Waals surface area (Å²) in [5.41, 5.74) is 7.44. The summed E-state index contributed by atoms with van der Waals surface area (Å²) in [6.07, 6.45) is 0.348. The number of hydrogen-bond donors (Lipinski definition) is 2. The summed E-state index contributed by atoms with van der Waals surface area (Å²) in [4.78, 5) is 14.9. The van der Waals surface area contributed by atoms with Crippen molar-refractivity contribution in [2.24, 2.45) is 5.73 Å². The van der Waals surface area contributed by atoms with Crippen LogP contribution in [0.3, 0.4) is 0 Å². The molecule has 0 saturated heterocycles. The highest BCUT2D eigenvalue weighted by Gasteiger charge is 2.14. The van der Waals surface area contributed by atoms with Gasteiger partial charge in [0.2, 0.25) is 5.88 Å². The number of pyridine rings is 1. The van der Waals surface area contributed by atoms with Crippen molar-refractivity contribution in [1.29, 1.82) is 0 Å². The highest BCUT2D eigenvalue weighted by atomic mass is 35.5. The highest BCUT2D eigenvalue weighted by Crippen LogP contribution is 2.32. The fourth-order valence-corrected chi connectivity index (χ4v) is 2.36. The summed E-state index contributed by atoms with van der Waals surface area (Å²) in [6, 6.07) is 6.71. The number of halogens is 1. The molecule has 2 aromatic rings. The number of benzene rings is 1. The monoisotopic (exact) mass is 294 g/mol. The number of methoxy groups -OCH3 is 1. The van der Waals surface area contributed by atoms with Crippen LogP contribution in [0.4, 0.5) is 0 Å². The zero-order valence-electron chi connectivity index (χ0n) is 11.0. The van der Waals surface area contributed by atoms with Gasteiger partial charge in [-0.15, -0.1) is 0 Å². The van der Waals surface area contributed by atoms with E-state index in [1.54, 1.807) is 25.3 Å². The molecule has 1 atom stereocenters. The Morgan fingerprint density at radius 1 is 1.45 bits per heavy atom. The number of aromatic nitrogens is 1. The number of carboxylic acids is 1. The Kier molecular flexibility index (Phi) is 4.42. The maximum Gasteiger partial charge on any atom is 0.303 e. The molecule has 0 aliphatic heterocycles. The summed E-state index contributed by atoms with van der Waals surface area (Å²) >= 11 is 6.34. The number of nitrogens with two attached hydrogens (primary N) is 1. The third-order valence-electron chi connectivity index (χ3n) is 3.09. The lowest BCUT2D eigenvalue weighted by Crippen LogP contribution is -2.13. The van der Waals surface area contributed by atoms with Crippen molar-refractivity contribution in [3.05, 3.63) is 34.9 Å². The van der Waals surface area contributed by atoms with Gasteiger partial charge >= 0.3 is 5.97 Å². The molecule has 2 rings (SSSR count). The van der Waals surface area contributed by atoms with E-state index in [0.29, 0.717) is 22.8 Å². The summed E-state index contributed by atoms with van der Waals surface area (Å²) < 4.78 is 5.06. The van der Waals surface area contributed by atoms with E-state index < -0.39 is 12.0 Å². The third-order valence-corrected chi connectivity index (χ3v) is 3.51. The predicted molar refractivity (Wildman–Crippen MR) is 77.1 cm³/mol. The van der Waals surface area contributed by atoms with Gasteiger partial charge in [-0.3, -0.25) is 4.79 Å². The molecule has 0 spiro atoms. The van der Waals surface area contributed by atoms with Crippen molar-refractivity contribution < 1.29 is 14.6 Å². The number of aliphatic carboxylic acids is 1. The SMILES string of the molecule is COc1ccc2c(Cl)c(C(N)CCC(=O)O)ccc2n1. The molecule has 0 aliphatic rings. The Labute approximate surface area is 121 Å². The van der Waals surface area contributed by atoms with Gasteiger partial charge in [-0.05, 0) is 24.1 Å². The average molecular weight is 295 g/mol. The van der Waals surface area contributed by atoms with E-state index in [2.05, 4.69) is 4.98 Å². The molecule has 0 bridgehead atoms. The minimum Gasteiger partial charge on any atom is -0.481 e. The molecule has 0 saturated carbocycles. The lowest BCUT2D eigenvalue weighted by molar-refractivity contribution is -0.137. The van der Waals surface area contributed by atoms with E-state index >= 15 is 0 Å². The van der Waals surface area contributed by atoms with Gasteiger partial charge in [0.25, 0.3) is 0 Å². The first kappa shape index (κ1) is 14.6. The van der Waals surface area contributed by atoms with Crippen LogP contribution in [0.5, 0.6) is 5.88 Å². The van der Waals surface area contributed by atoms with Crippen LogP contribution in [0.2, 0.25) is 5.02 Å². The topological polar surface area (TPSA) is 85.4 Å².